The lowest BCUT2D eigenvalue weighted by Gasteiger charge is -2.31. The average molecular weight is 380 g/mol. The lowest BCUT2D eigenvalue weighted by atomic mass is 10.1. The van der Waals surface area contributed by atoms with Gasteiger partial charge in [0.25, 0.3) is 5.91 Å². The number of halogens is 2. The van der Waals surface area contributed by atoms with Gasteiger partial charge in [-0.05, 0) is 37.1 Å². The predicted octanol–water partition coefficient (Wildman–Crippen LogP) is 2.55. The fourth-order valence-electron chi connectivity index (χ4n) is 2.92. The summed E-state index contributed by atoms with van der Waals surface area (Å²) in [6.07, 6.45) is 0.835. The molecule has 0 aromatic heterocycles. The van der Waals surface area contributed by atoms with Gasteiger partial charge < -0.3 is 5.32 Å². The van der Waals surface area contributed by atoms with Gasteiger partial charge in [-0.3, -0.25) is 4.79 Å². The van der Waals surface area contributed by atoms with E-state index < -0.39 is 26.6 Å². The summed E-state index contributed by atoms with van der Waals surface area (Å²) < 4.78 is 53.1. The number of hydrogen-bond donors (Lipinski definition) is 1. The molecule has 1 saturated heterocycles. The van der Waals surface area contributed by atoms with E-state index in [2.05, 4.69) is 5.32 Å². The molecule has 8 heteroatoms. The number of nitrogens with one attached hydrogen (secondary N) is 1. The minimum absolute atomic E-state index is 0.152. The van der Waals surface area contributed by atoms with Gasteiger partial charge in [0, 0.05) is 30.8 Å². The van der Waals surface area contributed by atoms with Crippen LogP contribution in [0.4, 0.5) is 8.78 Å². The van der Waals surface area contributed by atoms with Gasteiger partial charge in [0.1, 0.15) is 16.5 Å². The molecular formula is C18H18F2N2O3S. The second-order valence-electron chi connectivity index (χ2n) is 6.09. The SMILES string of the molecule is O=C(NC1CCN(S(=O)(=O)c2ccc(F)cc2F)CC1)c1ccccc1. The molecule has 1 aliphatic heterocycles. The van der Waals surface area contributed by atoms with Crippen LogP contribution in [0, 0.1) is 11.6 Å². The number of carbonyl (C=O) groups excluding carboxylic acids is 1. The van der Waals surface area contributed by atoms with Crippen LogP contribution in [0.15, 0.2) is 53.4 Å². The third kappa shape index (κ3) is 3.91. The molecule has 1 heterocycles. The minimum Gasteiger partial charge on any atom is -0.349 e. The Hall–Kier alpha value is -2.32. The molecule has 0 unspecified atom stereocenters. The molecule has 3 rings (SSSR count). The Morgan fingerprint density at radius 1 is 1.04 bits per heavy atom. The monoisotopic (exact) mass is 380 g/mol. The molecular weight excluding hydrogens is 362 g/mol. The van der Waals surface area contributed by atoms with Crippen LogP contribution in [-0.4, -0.2) is 37.8 Å². The van der Waals surface area contributed by atoms with Gasteiger partial charge in [0.05, 0.1) is 0 Å². The molecule has 1 fully saturated rings. The number of sulfonamides is 1. The van der Waals surface area contributed by atoms with E-state index in [1.165, 1.54) is 0 Å². The van der Waals surface area contributed by atoms with Gasteiger partial charge >= 0.3 is 0 Å². The van der Waals surface area contributed by atoms with Gasteiger partial charge in [-0.1, -0.05) is 18.2 Å². The number of benzene rings is 2. The van der Waals surface area contributed by atoms with E-state index in [0.717, 1.165) is 16.4 Å². The summed E-state index contributed by atoms with van der Waals surface area (Å²) >= 11 is 0. The standard InChI is InChI=1S/C18H18F2N2O3S/c19-14-6-7-17(16(20)12-14)26(24,25)22-10-8-15(9-11-22)21-18(23)13-4-2-1-3-5-13/h1-7,12,15H,8-11H2,(H,21,23). The van der Waals surface area contributed by atoms with Crippen LogP contribution in [-0.2, 0) is 10.0 Å². The molecule has 0 radical (unpaired) electrons. The summed E-state index contributed by atoms with van der Waals surface area (Å²) in [5.74, 6) is -2.15. The highest BCUT2D eigenvalue weighted by molar-refractivity contribution is 7.89. The van der Waals surface area contributed by atoms with E-state index in [4.69, 9.17) is 0 Å². The van der Waals surface area contributed by atoms with E-state index in [-0.39, 0.29) is 25.0 Å². The van der Waals surface area contributed by atoms with Crippen molar-refractivity contribution in [3.05, 3.63) is 65.7 Å². The number of carbonyl (C=O) groups is 1. The summed E-state index contributed by atoms with van der Waals surface area (Å²) in [6.45, 7) is 0.303. The van der Waals surface area contributed by atoms with Crippen molar-refractivity contribution in [3.63, 3.8) is 0 Å². The molecule has 0 bridgehead atoms. The second-order valence-corrected chi connectivity index (χ2v) is 8.00. The Balaban J connectivity index is 1.63. The quantitative estimate of drug-likeness (QED) is 0.887. The summed E-state index contributed by atoms with van der Waals surface area (Å²) in [7, 11) is -4.03. The molecule has 0 aliphatic carbocycles. The Labute approximate surface area is 150 Å². The summed E-state index contributed by atoms with van der Waals surface area (Å²) in [4.78, 5) is 11.6. The zero-order chi connectivity index (χ0) is 18.7. The second kappa shape index (κ2) is 7.51. The molecule has 0 spiro atoms. The zero-order valence-electron chi connectivity index (χ0n) is 13.9. The molecule has 0 atom stereocenters. The molecule has 1 amide bonds. The van der Waals surface area contributed by atoms with Gasteiger partial charge in [-0.25, -0.2) is 17.2 Å². The van der Waals surface area contributed by atoms with Crippen LogP contribution < -0.4 is 5.32 Å². The van der Waals surface area contributed by atoms with E-state index in [1.54, 1.807) is 24.3 Å². The van der Waals surface area contributed by atoms with Gasteiger partial charge in [-0.2, -0.15) is 4.31 Å². The largest absolute Gasteiger partial charge is 0.349 e. The normalized spacial score (nSPS) is 16.4. The maximum atomic E-state index is 13.8. The third-order valence-electron chi connectivity index (χ3n) is 4.34. The van der Waals surface area contributed by atoms with Crippen LogP contribution in [0.5, 0.6) is 0 Å². The van der Waals surface area contributed by atoms with Crippen LogP contribution in [0.3, 0.4) is 0 Å². The smallest absolute Gasteiger partial charge is 0.251 e. The van der Waals surface area contributed by atoms with Crippen molar-refractivity contribution in [1.82, 2.24) is 9.62 Å². The highest BCUT2D eigenvalue weighted by Gasteiger charge is 2.32. The molecule has 5 nitrogen and oxygen atoms in total. The van der Waals surface area contributed by atoms with Crippen molar-refractivity contribution in [2.75, 3.05) is 13.1 Å². The Bertz CT molecular complexity index is 896. The summed E-state index contributed by atoms with van der Waals surface area (Å²) in [6, 6.07) is 11.0. The minimum atomic E-state index is -4.03. The summed E-state index contributed by atoms with van der Waals surface area (Å²) in [5, 5.41) is 2.88. The third-order valence-corrected chi connectivity index (χ3v) is 6.27. The molecule has 2 aromatic rings. The van der Waals surface area contributed by atoms with Crippen LogP contribution in [0.25, 0.3) is 0 Å². The molecule has 1 aliphatic rings. The maximum absolute atomic E-state index is 13.8. The number of hydrogen-bond acceptors (Lipinski definition) is 3. The van der Waals surface area contributed by atoms with Crippen molar-refractivity contribution in [3.8, 4) is 0 Å². The first-order valence-corrected chi connectivity index (χ1v) is 9.63. The van der Waals surface area contributed by atoms with Gasteiger partial charge in [-0.15, -0.1) is 0 Å². The van der Waals surface area contributed by atoms with Gasteiger partial charge in [0.2, 0.25) is 10.0 Å². The van der Waals surface area contributed by atoms with E-state index in [1.807, 2.05) is 6.07 Å². The van der Waals surface area contributed by atoms with Crippen LogP contribution in [0.2, 0.25) is 0 Å². The first-order chi connectivity index (χ1) is 12.4. The molecule has 1 N–H and O–H groups in total. The van der Waals surface area contributed by atoms with Crippen LogP contribution in [0.1, 0.15) is 23.2 Å². The molecule has 2 aromatic carbocycles. The predicted molar refractivity (Wildman–Crippen MR) is 92.0 cm³/mol. The van der Waals surface area contributed by atoms with Crippen molar-refractivity contribution >= 4 is 15.9 Å². The van der Waals surface area contributed by atoms with Crippen LogP contribution >= 0.6 is 0 Å². The van der Waals surface area contributed by atoms with E-state index in [9.17, 15) is 22.0 Å². The van der Waals surface area contributed by atoms with Crippen molar-refractivity contribution in [2.24, 2.45) is 0 Å². The summed E-state index contributed by atoms with van der Waals surface area (Å²) in [5.41, 5.74) is 0.538. The lowest BCUT2D eigenvalue weighted by molar-refractivity contribution is 0.0924. The Kier molecular flexibility index (Phi) is 5.33. The topological polar surface area (TPSA) is 66.5 Å². The number of rotatable bonds is 4. The van der Waals surface area contributed by atoms with Crippen molar-refractivity contribution in [1.29, 1.82) is 0 Å². The zero-order valence-corrected chi connectivity index (χ0v) is 14.7. The van der Waals surface area contributed by atoms with E-state index >= 15 is 0 Å². The Morgan fingerprint density at radius 2 is 1.69 bits per heavy atom. The first kappa shape index (κ1) is 18.5. The number of piperidine rings is 1. The maximum Gasteiger partial charge on any atom is 0.251 e. The molecule has 26 heavy (non-hydrogen) atoms. The van der Waals surface area contributed by atoms with Gasteiger partial charge in [0.15, 0.2) is 0 Å². The average Bonchev–Trinajstić information content (AvgIpc) is 2.62. The highest BCUT2D eigenvalue weighted by atomic mass is 32.2. The Morgan fingerprint density at radius 3 is 2.31 bits per heavy atom. The fourth-order valence-corrected chi connectivity index (χ4v) is 4.44. The van der Waals surface area contributed by atoms with Crippen molar-refractivity contribution in [2.45, 2.75) is 23.8 Å². The van der Waals surface area contributed by atoms with Crippen molar-refractivity contribution < 1.29 is 22.0 Å². The fraction of sp³-hybridized carbons (Fsp3) is 0.278. The highest BCUT2D eigenvalue weighted by Crippen LogP contribution is 2.23. The molecule has 138 valence electrons. The number of nitrogens with zero attached hydrogens (tertiary/aromatic N) is 1. The first-order valence-electron chi connectivity index (χ1n) is 8.19. The van der Waals surface area contributed by atoms with E-state index in [0.29, 0.717) is 24.5 Å². The lowest BCUT2D eigenvalue weighted by Crippen LogP contribution is -2.46. The molecule has 0 saturated carbocycles. The number of amides is 1.